The van der Waals surface area contributed by atoms with E-state index in [2.05, 4.69) is 15.6 Å². The monoisotopic (exact) mass is 679 g/mol. The summed E-state index contributed by atoms with van der Waals surface area (Å²) in [5.74, 6) is -1.43. The number of carbonyl (C=O) groups is 3. The van der Waals surface area contributed by atoms with Crippen molar-refractivity contribution < 1.29 is 38.4 Å². The van der Waals surface area contributed by atoms with Gasteiger partial charge in [0.15, 0.2) is 0 Å². The molecule has 0 saturated heterocycles. The van der Waals surface area contributed by atoms with Gasteiger partial charge in [0.25, 0.3) is 16.9 Å². The van der Waals surface area contributed by atoms with Gasteiger partial charge in [0, 0.05) is 38.0 Å². The Morgan fingerprint density at radius 3 is 2.42 bits per heavy atom. The van der Waals surface area contributed by atoms with E-state index in [1.54, 1.807) is 27.7 Å². The van der Waals surface area contributed by atoms with Gasteiger partial charge in [-0.05, 0) is 53.0 Å². The van der Waals surface area contributed by atoms with Crippen LogP contribution in [0.3, 0.4) is 0 Å². The highest BCUT2D eigenvalue weighted by molar-refractivity contribution is 5.82. The second kappa shape index (κ2) is 18.7. The Hall–Kier alpha value is -5.33. The van der Waals surface area contributed by atoms with E-state index in [1.807, 2.05) is 0 Å². The largest absolute Gasteiger partial charge is 0.465 e. The average molecular weight is 680 g/mol. The van der Waals surface area contributed by atoms with Gasteiger partial charge in [0.05, 0.1) is 35.2 Å². The predicted octanol–water partition coefficient (Wildman–Crippen LogP) is 1.94. The number of esters is 1. The molecule has 2 rings (SSSR count). The summed E-state index contributed by atoms with van der Waals surface area (Å²) >= 11 is 0. The normalized spacial score (nSPS) is 11.7. The molecular weight excluding hydrogens is 638 g/mol. The third kappa shape index (κ3) is 13.6. The van der Waals surface area contributed by atoms with Crippen molar-refractivity contribution >= 4 is 35.0 Å². The third-order valence-corrected chi connectivity index (χ3v) is 6.43. The maximum absolute atomic E-state index is 13.4. The molecule has 0 aliphatic carbocycles. The van der Waals surface area contributed by atoms with E-state index in [0.717, 1.165) is 27.8 Å². The van der Waals surface area contributed by atoms with Crippen LogP contribution in [0.25, 0.3) is 0 Å². The molecule has 1 atom stereocenters. The van der Waals surface area contributed by atoms with Crippen LogP contribution in [0.15, 0.2) is 40.1 Å². The first kappa shape index (κ1) is 38.9. The predicted molar refractivity (Wildman–Crippen MR) is 171 cm³/mol. The molecule has 19 heteroatoms. The van der Waals surface area contributed by atoms with E-state index in [-0.39, 0.29) is 32.1 Å². The number of hydrogen-bond donors (Lipinski definition) is 3. The fourth-order valence-corrected chi connectivity index (χ4v) is 4.23. The lowest BCUT2D eigenvalue weighted by atomic mass is 10.2. The summed E-state index contributed by atoms with van der Waals surface area (Å²) in [4.78, 5) is 86.0. The van der Waals surface area contributed by atoms with Crippen molar-refractivity contribution in [1.82, 2.24) is 19.8 Å². The van der Waals surface area contributed by atoms with Crippen LogP contribution >= 0.6 is 0 Å². The van der Waals surface area contributed by atoms with Gasteiger partial charge in [0.1, 0.15) is 24.4 Å². The zero-order valence-corrected chi connectivity index (χ0v) is 27.2. The average Bonchev–Trinajstić information content (AvgIpc) is 2.99. The number of rotatable bonds is 19. The fraction of sp³-hybridized carbons (Fsp3) is 0.552. The van der Waals surface area contributed by atoms with E-state index in [1.165, 1.54) is 12.1 Å². The Kier molecular flexibility index (Phi) is 15.2. The van der Waals surface area contributed by atoms with Crippen molar-refractivity contribution in [3.8, 4) is 0 Å². The van der Waals surface area contributed by atoms with Gasteiger partial charge in [-0.25, -0.2) is 9.59 Å². The number of nitrogens with one attached hydrogen (secondary N) is 3. The summed E-state index contributed by atoms with van der Waals surface area (Å²) in [7, 11) is 0. The molecule has 0 spiro atoms. The molecule has 48 heavy (non-hydrogen) atoms. The summed E-state index contributed by atoms with van der Waals surface area (Å²) in [6.45, 7) is 5.85. The highest BCUT2D eigenvalue weighted by atomic mass is 16.6. The molecule has 264 valence electrons. The van der Waals surface area contributed by atoms with Crippen LogP contribution in [0.4, 0.5) is 21.9 Å². The number of aromatic nitrogens is 2. The number of anilines is 1. The van der Waals surface area contributed by atoms with Gasteiger partial charge in [-0.1, -0.05) is 0 Å². The molecule has 3 N–H and O–H groups in total. The van der Waals surface area contributed by atoms with Crippen molar-refractivity contribution in [1.29, 1.82) is 0 Å². The first-order chi connectivity index (χ1) is 22.6. The Morgan fingerprint density at radius 2 is 1.79 bits per heavy atom. The molecule has 0 aliphatic rings. The zero-order valence-electron chi connectivity index (χ0n) is 27.2. The number of hydrogen-bond acceptors (Lipinski definition) is 13. The first-order valence-corrected chi connectivity index (χ1v) is 15.1. The third-order valence-electron chi connectivity index (χ3n) is 6.43. The number of unbranched alkanes of at least 4 members (excludes halogenated alkanes) is 2. The quantitative estimate of drug-likeness (QED) is 0.0832. The van der Waals surface area contributed by atoms with Gasteiger partial charge in [0.2, 0.25) is 5.91 Å². The maximum atomic E-state index is 13.4. The number of benzene rings is 1. The van der Waals surface area contributed by atoms with Gasteiger partial charge < -0.3 is 29.7 Å². The number of non-ortho nitro benzene ring substituents is 1. The number of nitrogens with zero attached hydrogens (tertiary/aromatic N) is 4. The lowest BCUT2D eigenvalue weighted by Crippen LogP contribution is -2.53. The van der Waals surface area contributed by atoms with Crippen molar-refractivity contribution in [3.05, 3.63) is 71.5 Å². The van der Waals surface area contributed by atoms with Crippen molar-refractivity contribution in [2.24, 2.45) is 0 Å². The highest BCUT2D eigenvalue weighted by Crippen LogP contribution is 2.28. The summed E-state index contributed by atoms with van der Waals surface area (Å²) in [5, 5.41) is 27.7. The van der Waals surface area contributed by atoms with Crippen LogP contribution in [0, 0.1) is 20.2 Å². The molecule has 0 saturated carbocycles. The molecule has 1 aromatic carbocycles. The smallest absolute Gasteiger partial charge is 0.407 e. The molecule has 1 unspecified atom stereocenters. The second-order valence-electron chi connectivity index (χ2n) is 11.4. The Balaban J connectivity index is 2.06. The molecule has 0 radical (unpaired) electrons. The van der Waals surface area contributed by atoms with E-state index in [9.17, 15) is 44.2 Å². The number of nitro groups is 2. The number of H-pyrrole nitrogens is 1. The Labute approximate surface area is 274 Å². The summed E-state index contributed by atoms with van der Waals surface area (Å²) < 4.78 is 17.1. The van der Waals surface area contributed by atoms with Crippen LogP contribution in [-0.2, 0) is 30.3 Å². The maximum Gasteiger partial charge on any atom is 0.407 e. The van der Waals surface area contributed by atoms with E-state index in [4.69, 9.17) is 14.2 Å². The minimum atomic E-state index is -0.905. The van der Waals surface area contributed by atoms with Crippen LogP contribution in [0.1, 0.15) is 47.0 Å². The molecule has 19 nitrogen and oxygen atoms in total. The summed E-state index contributed by atoms with van der Waals surface area (Å²) in [5.41, 5.74) is -2.94. The fourth-order valence-electron chi connectivity index (χ4n) is 4.23. The van der Waals surface area contributed by atoms with E-state index < -0.39 is 75.2 Å². The van der Waals surface area contributed by atoms with Crippen LogP contribution in [0.2, 0.25) is 0 Å². The SMILES string of the molecule is CCOC(=O)CN(C(=O)Cn1ccc(=O)[nH]c1=O)C(CNC(=O)OC(C)(C)C)COCCCCCNc1ccc([N+](=O)[O-])cc1[N+](=O)[O-]. The van der Waals surface area contributed by atoms with Gasteiger partial charge in [-0.3, -0.25) is 44.2 Å². The van der Waals surface area contributed by atoms with Crippen molar-refractivity contribution in [2.75, 3.05) is 44.8 Å². The van der Waals surface area contributed by atoms with Gasteiger partial charge in [-0.2, -0.15) is 0 Å². The van der Waals surface area contributed by atoms with Crippen molar-refractivity contribution in [3.63, 3.8) is 0 Å². The van der Waals surface area contributed by atoms with Crippen LogP contribution < -0.4 is 21.9 Å². The molecule has 0 fully saturated rings. The second-order valence-corrected chi connectivity index (χ2v) is 11.4. The number of nitro benzene ring substituents is 2. The number of alkyl carbamates (subject to hydrolysis) is 1. The van der Waals surface area contributed by atoms with E-state index in [0.29, 0.717) is 25.8 Å². The Bertz CT molecular complexity index is 1550. The van der Waals surface area contributed by atoms with Crippen molar-refractivity contribution in [2.45, 2.75) is 65.1 Å². The molecule has 2 amide bonds. The van der Waals surface area contributed by atoms with Crippen LogP contribution in [-0.4, -0.2) is 93.4 Å². The summed E-state index contributed by atoms with van der Waals surface area (Å²) in [6.07, 6.45) is 2.10. The number of carbonyl (C=O) groups excluding carboxylic acids is 3. The number of ether oxygens (including phenoxy) is 3. The first-order valence-electron chi connectivity index (χ1n) is 15.1. The summed E-state index contributed by atoms with van der Waals surface area (Å²) in [6, 6.07) is 3.50. The van der Waals surface area contributed by atoms with E-state index >= 15 is 0 Å². The molecule has 0 aliphatic heterocycles. The number of aromatic amines is 1. The highest BCUT2D eigenvalue weighted by Gasteiger charge is 2.29. The number of amides is 2. The molecule has 2 aromatic rings. The zero-order chi connectivity index (χ0) is 35.9. The molecule has 0 bridgehead atoms. The lowest BCUT2D eigenvalue weighted by Gasteiger charge is -2.31. The minimum absolute atomic E-state index is 0.0456. The lowest BCUT2D eigenvalue weighted by molar-refractivity contribution is -0.393. The molecule has 1 aromatic heterocycles. The topological polar surface area (TPSA) is 247 Å². The molecular formula is C29H41N7O12. The standard InChI is InChI=1S/C29H41N7O12/c1-5-47-26(39)18-34(25(38)17-33-13-11-24(37)32-27(33)40)21(16-31-28(41)48-29(2,3)4)19-46-14-8-6-7-12-30-22-10-9-20(35(42)43)15-23(22)36(44)45/h9-11,13,15,21,30H,5-8,12,14,16-19H2,1-4H3,(H,31,41)(H,32,37,40). The van der Waals surface area contributed by atoms with Crippen LogP contribution in [0.5, 0.6) is 0 Å². The Morgan fingerprint density at radius 1 is 1.06 bits per heavy atom. The van der Waals surface area contributed by atoms with Gasteiger partial charge in [-0.15, -0.1) is 0 Å². The van der Waals surface area contributed by atoms with Gasteiger partial charge >= 0.3 is 17.8 Å². The molecule has 1 heterocycles. The minimum Gasteiger partial charge on any atom is -0.465 e.